The van der Waals surface area contributed by atoms with Gasteiger partial charge in [0, 0.05) is 30.3 Å². The number of Topliss-reactive ketones (excluding diaryl/α,β-unsaturated/α-hetero) is 1. The molecule has 1 aliphatic heterocycles. The molecule has 2 aromatic rings. The fourth-order valence-corrected chi connectivity index (χ4v) is 2.74. The summed E-state index contributed by atoms with van der Waals surface area (Å²) in [5.74, 6) is 0.372. The molecule has 0 radical (unpaired) electrons. The van der Waals surface area contributed by atoms with Gasteiger partial charge in [-0.2, -0.15) is 5.10 Å². The van der Waals surface area contributed by atoms with Crippen molar-refractivity contribution in [3.63, 3.8) is 0 Å². The molecule has 25 heavy (non-hydrogen) atoms. The maximum absolute atomic E-state index is 12.2. The van der Waals surface area contributed by atoms with Crippen LogP contribution in [-0.4, -0.2) is 28.3 Å². The molecule has 8 heteroatoms. The second-order valence-electron chi connectivity index (χ2n) is 5.54. The third-order valence-corrected chi connectivity index (χ3v) is 4.20. The first-order valence-corrected chi connectivity index (χ1v) is 7.87. The molecule has 0 saturated carbocycles. The molecular weight excluding hydrogens is 346 g/mol. The van der Waals surface area contributed by atoms with Crippen LogP contribution in [-0.2, 0) is 11.8 Å². The smallest absolute Gasteiger partial charge is 0.248 e. The van der Waals surface area contributed by atoms with Crippen LogP contribution in [0.5, 0.6) is 11.5 Å². The van der Waals surface area contributed by atoms with Gasteiger partial charge in [-0.25, -0.2) is 0 Å². The molecule has 1 aliphatic rings. The number of amides is 1. The van der Waals surface area contributed by atoms with Gasteiger partial charge in [0.2, 0.25) is 12.7 Å². The molecule has 0 unspecified atom stereocenters. The highest BCUT2D eigenvalue weighted by Crippen LogP contribution is 2.37. The number of anilines is 1. The molecule has 0 atom stereocenters. The fourth-order valence-electron chi connectivity index (χ4n) is 2.51. The second-order valence-corrected chi connectivity index (χ2v) is 5.90. The molecule has 0 saturated heterocycles. The van der Waals surface area contributed by atoms with Gasteiger partial charge in [0.25, 0.3) is 0 Å². The zero-order valence-electron chi connectivity index (χ0n) is 13.9. The van der Waals surface area contributed by atoms with Gasteiger partial charge in [0.05, 0.1) is 11.4 Å². The summed E-state index contributed by atoms with van der Waals surface area (Å²) in [5, 5.41) is 7.30. The van der Waals surface area contributed by atoms with E-state index < -0.39 is 5.91 Å². The van der Waals surface area contributed by atoms with Gasteiger partial charge in [-0.1, -0.05) is 11.6 Å². The zero-order chi connectivity index (χ0) is 18.1. The molecule has 130 valence electrons. The number of aromatic nitrogens is 2. The summed E-state index contributed by atoms with van der Waals surface area (Å²) in [4.78, 5) is 24.1. The molecule has 0 aliphatic carbocycles. The Kier molecular flexibility index (Phi) is 4.50. The Morgan fingerprint density at radius 2 is 2.00 bits per heavy atom. The van der Waals surface area contributed by atoms with Crippen LogP contribution in [0.1, 0.15) is 28.5 Å². The lowest BCUT2D eigenvalue weighted by atomic mass is 10.1. The summed E-state index contributed by atoms with van der Waals surface area (Å²) in [6.07, 6.45) is 2.92. The number of benzene rings is 1. The summed E-state index contributed by atoms with van der Waals surface area (Å²) in [6, 6.07) is 3.14. The zero-order valence-corrected chi connectivity index (χ0v) is 14.7. The van der Waals surface area contributed by atoms with Crippen LogP contribution in [0, 0.1) is 6.92 Å². The van der Waals surface area contributed by atoms with Gasteiger partial charge in [0.1, 0.15) is 5.15 Å². The quantitative estimate of drug-likeness (QED) is 0.668. The highest BCUT2D eigenvalue weighted by Gasteiger charge is 2.20. The van der Waals surface area contributed by atoms with E-state index in [4.69, 9.17) is 21.1 Å². The molecule has 0 bridgehead atoms. The largest absolute Gasteiger partial charge is 0.454 e. The molecule has 7 nitrogen and oxygen atoms in total. The number of nitrogens with one attached hydrogen (secondary N) is 1. The van der Waals surface area contributed by atoms with E-state index in [1.54, 1.807) is 32.2 Å². The van der Waals surface area contributed by atoms with Crippen molar-refractivity contribution < 1.29 is 19.1 Å². The first-order chi connectivity index (χ1) is 11.9. The van der Waals surface area contributed by atoms with E-state index in [-0.39, 0.29) is 12.6 Å². The molecule has 2 heterocycles. The van der Waals surface area contributed by atoms with Crippen molar-refractivity contribution in [3.8, 4) is 11.5 Å². The number of hydrogen-bond donors (Lipinski definition) is 1. The number of ketones is 1. The maximum Gasteiger partial charge on any atom is 0.248 e. The van der Waals surface area contributed by atoms with E-state index in [0.717, 1.165) is 0 Å². The van der Waals surface area contributed by atoms with Crippen molar-refractivity contribution in [2.45, 2.75) is 13.8 Å². The van der Waals surface area contributed by atoms with Crippen molar-refractivity contribution in [2.24, 2.45) is 7.05 Å². The molecule has 1 N–H and O–H groups in total. The summed E-state index contributed by atoms with van der Waals surface area (Å²) in [6.45, 7) is 3.31. The van der Waals surface area contributed by atoms with Gasteiger partial charge in [0.15, 0.2) is 17.3 Å². The number of ether oxygens (including phenoxy) is 2. The molecular formula is C17H16ClN3O4. The monoisotopic (exact) mass is 361 g/mol. The Balaban J connectivity index is 1.83. The second kappa shape index (κ2) is 6.60. The number of nitrogens with zero attached hydrogens (tertiary/aromatic N) is 2. The number of fused-ring (bicyclic) bond motifs is 1. The minimum Gasteiger partial charge on any atom is -0.454 e. The van der Waals surface area contributed by atoms with Crippen LogP contribution in [0.15, 0.2) is 18.2 Å². The Morgan fingerprint density at radius 1 is 1.32 bits per heavy atom. The maximum atomic E-state index is 12.2. The summed E-state index contributed by atoms with van der Waals surface area (Å²) in [5.41, 5.74) is 2.09. The van der Waals surface area contributed by atoms with Crippen LogP contribution in [0.2, 0.25) is 5.15 Å². The average molecular weight is 362 g/mol. The van der Waals surface area contributed by atoms with E-state index >= 15 is 0 Å². The topological polar surface area (TPSA) is 82.5 Å². The fraction of sp³-hybridized carbons (Fsp3) is 0.235. The van der Waals surface area contributed by atoms with Gasteiger partial charge < -0.3 is 14.8 Å². The Hall–Kier alpha value is -2.80. The van der Waals surface area contributed by atoms with Crippen LogP contribution >= 0.6 is 11.6 Å². The van der Waals surface area contributed by atoms with Gasteiger partial charge >= 0.3 is 0 Å². The van der Waals surface area contributed by atoms with Crippen LogP contribution < -0.4 is 14.8 Å². The molecule has 1 amide bonds. The number of carbonyl (C=O) groups is 2. The van der Waals surface area contributed by atoms with Gasteiger partial charge in [-0.3, -0.25) is 14.3 Å². The first-order valence-electron chi connectivity index (χ1n) is 7.49. The van der Waals surface area contributed by atoms with Crippen LogP contribution in [0.3, 0.4) is 0 Å². The number of rotatable bonds is 4. The normalized spacial score (nSPS) is 12.6. The lowest BCUT2D eigenvalue weighted by Gasteiger charge is -2.09. The average Bonchev–Trinajstić information content (AvgIpc) is 3.09. The predicted octanol–water partition coefficient (Wildman–Crippen LogP) is 2.97. The van der Waals surface area contributed by atoms with Gasteiger partial charge in [-0.15, -0.1) is 0 Å². The van der Waals surface area contributed by atoms with Crippen molar-refractivity contribution in [1.82, 2.24) is 9.78 Å². The van der Waals surface area contributed by atoms with Gasteiger partial charge in [-0.05, 0) is 26.0 Å². The lowest BCUT2D eigenvalue weighted by molar-refractivity contribution is -0.111. The Morgan fingerprint density at radius 3 is 2.60 bits per heavy atom. The van der Waals surface area contributed by atoms with Crippen LogP contribution in [0.25, 0.3) is 6.08 Å². The number of halogens is 1. The Labute approximate surface area is 149 Å². The van der Waals surface area contributed by atoms with Crippen molar-refractivity contribution in [2.75, 3.05) is 12.1 Å². The van der Waals surface area contributed by atoms with E-state index in [9.17, 15) is 9.59 Å². The third kappa shape index (κ3) is 3.36. The van der Waals surface area contributed by atoms with E-state index in [1.165, 1.54) is 17.7 Å². The predicted molar refractivity (Wildman–Crippen MR) is 93.2 cm³/mol. The number of carbonyl (C=O) groups excluding carboxylic acids is 2. The minimum absolute atomic E-state index is 0.0861. The van der Waals surface area contributed by atoms with E-state index in [0.29, 0.717) is 39.2 Å². The van der Waals surface area contributed by atoms with Crippen molar-refractivity contribution in [1.29, 1.82) is 0 Å². The Bertz CT molecular complexity index is 902. The summed E-state index contributed by atoms with van der Waals surface area (Å²) >= 11 is 6.13. The molecule has 1 aromatic heterocycles. The van der Waals surface area contributed by atoms with Crippen LogP contribution in [0.4, 0.5) is 5.69 Å². The van der Waals surface area contributed by atoms with Crippen molar-refractivity contribution >= 4 is 35.1 Å². The minimum atomic E-state index is -0.402. The highest BCUT2D eigenvalue weighted by molar-refractivity contribution is 6.31. The molecule has 0 fully saturated rings. The molecule has 1 aromatic carbocycles. The molecule has 3 rings (SSSR count). The molecule has 0 spiro atoms. The van der Waals surface area contributed by atoms with Crippen molar-refractivity contribution in [3.05, 3.63) is 40.2 Å². The van der Waals surface area contributed by atoms with E-state index in [2.05, 4.69) is 10.4 Å². The number of hydrogen-bond acceptors (Lipinski definition) is 5. The summed E-state index contributed by atoms with van der Waals surface area (Å²) < 4.78 is 12.1. The number of aryl methyl sites for hydroxylation is 2. The third-order valence-electron chi connectivity index (χ3n) is 3.75. The SMILES string of the molecule is CC(=O)c1cc2c(cc1NC(=O)/C=C/c1c(C)nn(C)c1Cl)OCO2. The summed E-state index contributed by atoms with van der Waals surface area (Å²) in [7, 11) is 1.72. The lowest BCUT2D eigenvalue weighted by Crippen LogP contribution is -2.11. The van der Waals surface area contributed by atoms with E-state index in [1.807, 2.05) is 0 Å². The first kappa shape index (κ1) is 17.0. The highest BCUT2D eigenvalue weighted by atomic mass is 35.5. The standard InChI is InChI=1S/C17H16ClN3O4/c1-9-11(17(18)21(3)20-9)4-5-16(23)19-13-7-15-14(24-8-25-15)6-12(13)10(2)22/h4-7H,8H2,1-3H3,(H,19,23)/b5-4+.